The Balaban J connectivity index is 1.53. The summed E-state index contributed by atoms with van der Waals surface area (Å²) in [4.78, 5) is 25.5. The normalized spacial score (nSPS) is 16.1. The van der Waals surface area contributed by atoms with Crippen molar-refractivity contribution in [3.8, 4) is 0 Å². The maximum absolute atomic E-state index is 12.5. The van der Waals surface area contributed by atoms with E-state index in [1.807, 2.05) is 72.8 Å². The van der Waals surface area contributed by atoms with E-state index in [1.165, 1.54) is 4.90 Å². The summed E-state index contributed by atoms with van der Waals surface area (Å²) < 4.78 is 5.34. The van der Waals surface area contributed by atoms with E-state index in [9.17, 15) is 14.7 Å². The van der Waals surface area contributed by atoms with Gasteiger partial charge in [-0.2, -0.15) is 0 Å². The number of aliphatic carboxylic acids is 1. The maximum atomic E-state index is 12.5. The largest absolute Gasteiger partial charge is 0.479 e. The lowest BCUT2D eigenvalue weighted by Gasteiger charge is -2.21. The van der Waals surface area contributed by atoms with Crippen LogP contribution in [-0.2, 0) is 16.1 Å². The number of carboxylic acids is 1. The molecular weight excluding hydrogens is 354 g/mol. The van der Waals surface area contributed by atoms with Crippen LogP contribution in [0.4, 0.5) is 4.79 Å². The fourth-order valence-corrected chi connectivity index (χ4v) is 3.38. The fourth-order valence-electron chi connectivity index (χ4n) is 3.38. The van der Waals surface area contributed by atoms with Crippen molar-refractivity contribution in [2.24, 2.45) is 0 Å². The highest BCUT2D eigenvalue weighted by atomic mass is 16.6. The number of hydrogen-bond acceptors (Lipinski definition) is 3. The van der Waals surface area contributed by atoms with E-state index in [0.29, 0.717) is 0 Å². The lowest BCUT2D eigenvalue weighted by Crippen LogP contribution is -2.41. The molecule has 0 saturated heterocycles. The molecule has 0 aromatic heterocycles. The third-order valence-electron chi connectivity index (χ3n) is 4.85. The lowest BCUT2D eigenvalue weighted by atomic mass is 10.0. The lowest BCUT2D eigenvalue weighted by molar-refractivity contribution is -0.140. The van der Waals surface area contributed by atoms with E-state index < -0.39 is 18.1 Å². The Morgan fingerprint density at radius 3 is 2.43 bits per heavy atom. The highest BCUT2D eigenvalue weighted by molar-refractivity contribution is 5.92. The molecule has 0 bridgehead atoms. The first-order valence-corrected chi connectivity index (χ1v) is 9.02. The van der Waals surface area contributed by atoms with Crippen LogP contribution in [0, 0.1) is 0 Å². The fraction of sp³-hybridized carbons (Fsp3) is 0.130. The van der Waals surface area contributed by atoms with Crippen LogP contribution >= 0.6 is 0 Å². The second kappa shape index (κ2) is 7.56. The minimum absolute atomic E-state index is 0.105. The van der Waals surface area contributed by atoms with Gasteiger partial charge in [0.25, 0.3) is 0 Å². The zero-order valence-electron chi connectivity index (χ0n) is 15.1. The van der Waals surface area contributed by atoms with E-state index in [0.717, 1.165) is 27.5 Å². The molecule has 0 saturated carbocycles. The van der Waals surface area contributed by atoms with Gasteiger partial charge in [-0.3, -0.25) is 4.90 Å². The molecular formula is C23H19NO4. The van der Waals surface area contributed by atoms with Gasteiger partial charge in [0, 0.05) is 0 Å². The van der Waals surface area contributed by atoms with Crippen molar-refractivity contribution < 1.29 is 19.4 Å². The molecule has 4 rings (SSSR count). The molecule has 5 nitrogen and oxygen atoms in total. The summed E-state index contributed by atoms with van der Waals surface area (Å²) in [7, 11) is 0. The van der Waals surface area contributed by atoms with Crippen molar-refractivity contribution in [3.63, 3.8) is 0 Å². The van der Waals surface area contributed by atoms with Crippen LogP contribution in [0.1, 0.15) is 11.1 Å². The summed E-state index contributed by atoms with van der Waals surface area (Å²) in [6.45, 7) is 0.302. The molecule has 1 atom stereocenters. The minimum atomic E-state index is -1.08. The highest BCUT2D eigenvalue weighted by Gasteiger charge is 2.35. The van der Waals surface area contributed by atoms with Crippen molar-refractivity contribution in [1.82, 2.24) is 4.90 Å². The predicted octanol–water partition coefficient (Wildman–Crippen LogP) is 4.33. The number of amides is 1. The summed E-state index contributed by atoms with van der Waals surface area (Å²) >= 11 is 0. The van der Waals surface area contributed by atoms with Crippen molar-refractivity contribution in [1.29, 1.82) is 0 Å². The van der Waals surface area contributed by atoms with Gasteiger partial charge in [0.1, 0.15) is 6.61 Å². The van der Waals surface area contributed by atoms with Gasteiger partial charge in [0.15, 0.2) is 6.04 Å². The molecule has 3 aromatic carbocycles. The number of hydrogen-bond donors (Lipinski definition) is 1. The molecule has 0 radical (unpaired) electrons. The molecule has 1 heterocycles. The number of carbonyl (C=O) groups excluding carboxylic acids is 1. The van der Waals surface area contributed by atoms with Crippen LogP contribution in [0.25, 0.3) is 16.3 Å². The summed E-state index contributed by atoms with van der Waals surface area (Å²) in [5.74, 6) is -1.08. The van der Waals surface area contributed by atoms with E-state index in [4.69, 9.17) is 4.74 Å². The van der Waals surface area contributed by atoms with E-state index in [-0.39, 0.29) is 13.2 Å². The van der Waals surface area contributed by atoms with E-state index in [2.05, 4.69) is 0 Å². The van der Waals surface area contributed by atoms with Gasteiger partial charge in [-0.15, -0.1) is 0 Å². The van der Waals surface area contributed by atoms with Gasteiger partial charge in [-0.05, 0) is 39.6 Å². The van der Waals surface area contributed by atoms with Crippen LogP contribution in [0.2, 0.25) is 0 Å². The Hall–Kier alpha value is -3.60. The zero-order chi connectivity index (χ0) is 19.5. The standard InChI is InChI=1S/C23H19NO4/c25-22(26)21-13-20(19-11-10-17-8-4-5-9-18(17)12-19)14-24(21)23(27)28-15-16-6-2-1-3-7-16/h1-13,21H,14-15H2,(H,25,26)/t21-/m0/s1. The van der Waals surface area contributed by atoms with Gasteiger partial charge in [-0.1, -0.05) is 66.7 Å². The first-order valence-electron chi connectivity index (χ1n) is 9.02. The average molecular weight is 373 g/mol. The Morgan fingerprint density at radius 2 is 1.68 bits per heavy atom. The van der Waals surface area contributed by atoms with Gasteiger partial charge in [0.2, 0.25) is 0 Å². The number of carbonyl (C=O) groups is 2. The summed E-state index contributed by atoms with van der Waals surface area (Å²) in [5.41, 5.74) is 2.56. The molecule has 0 aliphatic carbocycles. The Labute approximate surface area is 162 Å². The molecule has 0 fully saturated rings. The van der Waals surface area contributed by atoms with E-state index in [1.54, 1.807) is 6.08 Å². The van der Waals surface area contributed by atoms with Gasteiger partial charge in [-0.25, -0.2) is 9.59 Å². The van der Waals surface area contributed by atoms with Crippen molar-refractivity contribution in [2.45, 2.75) is 12.6 Å². The van der Waals surface area contributed by atoms with Crippen LogP contribution in [0.15, 0.2) is 78.9 Å². The maximum Gasteiger partial charge on any atom is 0.411 e. The molecule has 1 N–H and O–H groups in total. The monoisotopic (exact) mass is 373 g/mol. The van der Waals surface area contributed by atoms with Gasteiger partial charge in [0.05, 0.1) is 6.54 Å². The number of carboxylic acid groups (broad SMARTS) is 1. The van der Waals surface area contributed by atoms with Crippen LogP contribution in [0.5, 0.6) is 0 Å². The molecule has 0 unspecified atom stereocenters. The highest BCUT2D eigenvalue weighted by Crippen LogP contribution is 2.28. The Kier molecular flexibility index (Phi) is 4.81. The number of nitrogens with zero attached hydrogens (tertiary/aromatic N) is 1. The SMILES string of the molecule is O=C(O)[C@@H]1C=C(c2ccc3ccccc3c2)CN1C(=O)OCc1ccccc1. The van der Waals surface area contributed by atoms with Crippen LogP contribution < -0.4 is 0 Å². The van der Waals surface area contributed by atoms with Gasteiger partial charge < -0.3 is 9.84 Å². The van der Waals surface area contributed by atoms with Crippen molar-refractivity contribution in [3.05, 3.63) is 90.0 Å². The third-order valence-corrected chi connectivity index (χ3v) is 4.85. The number of benzene rings is 3. The minimum Gasteiger partial charge on any atom is -0.479 e. The Bertz CT molecular complexity index is 1060. The number of fused-ring (bicyclic) bond motifs is 1. The molecule has 1 amide bonds. The third kappa shape index (κ3) is 3.60. The zero-order valence-corrected chi connectivity index (χ0v) is 15.1. The molecule has 5 heteroatoms. The number of rotatable bonds is 4. The predicted molar refractivity (Wildman–Crippen MR) is 107 cm³/mol. The number of ether oxygens (including phenoxy) is 1. The molecule has 140 valence electrons. The van der Waals surface area contributed by atoms with E-state index >= 15 is 0 Å². The van der Waals surface area contributed by atoms with Crippen molar-refractivity contribution >= 4 is 28.4 Å². The topological polar surface area (TPSA) is 66.8 Å². The summed E-state index contributed by atoms with van der Waals surface area (Å²) in [6, 6.07) is 22.2. The van der Waals surface area contributed by atoms with Crippen LogP contribution in [0.3, 0.4) is 0 Å². The second-order valence-corrected chi connectivity index (χ2v) is 6.70. The average Bonchev–Trinajstić information content (AvgIpc) is 3.18. The molecule has 3 aromatic rings. The smallest absolute Gasteiger partial charge is 0.411 e. The summed E-state index contributed by atoms with van der Waals surface area (Å²) in [5, 5.41) is 11.7. The molecule has 1 aliphatic rings. The Morgan fingerprint density at radius 1 is 0.964 bits per heavy atom. The first kappa shape index (κ1) is 17.8. The van der Waals surface area contributed by atoms with Crippen LogP contribution in [-0.4, -0.2) is 34.7 Å². The quantitative estimate of drug-likeness (QED) is 0.739. The summed E-state index contributed by atoms with van der Waals surface area (Å²) in [6.07, 6.45) is 0.985. The van der Waals surface area contributed by atoms with Gasteiger partial charge >= 0.3 is 12.1 Å². The molecule has 28 heavy (non-hydrogen) atoms. The van der Waals surface area contributed by atoms with Crippen molar-refractivity contribution in [2.75, 3.05) is 6.54 Å². The first-order chi connectivity index (χ1) is 13.6. The molecule has 1 aliphatic heterocycles. The molecule has 0 spiro atoms. The second-order valence-electron chi connectivity index (χ2n) is 6.70.